The Morgan fingerprint density at radius 2 is 1.66 bits per heavy atom. The number of rotatable bonds is 8. The van der Waals surface area contributed by atoms with E-state index in [1.165, 1.54) is 12.1 Å². The van der Waals surface area contributed by atoms with Crippen LogP contribution in [0.2, 0.25) is 0 Å². The summed E-state index contributed by atoms with van der Waals surface area (Å²) in [6.07, 6.45) is 0. The van der Waals surface area contributed by atoms with Crippen molar-refractivity contribution >= 4 is 23.3 Å². The number of aryl methyl sites for hydroxylation is 1. The molecule has 0 atom stereocenters. The lowest BCUT2D eigenvalue weighted by Gasteiger charge is -2.12. The highest BCUT2D eigenvalue weighted by atomic mass is 16.5. The molecular formula is C21H22N4O4. The third-order valence-corrected chi connectivity index (χ3v) is 4.16. The molecule has 3 rings (SSSR count). The number of carboxylic acid groups (broad SMARTS) is 1. The minimum Gasteiger partial charge on any atom is -0.493 e. The lowest BCUT2D eigenvalue weighted by molar-refractivity contribution is 0.0697. The van der Waals surface area contributed by atoms with E-state index >= 15 is 0 Å². The highest BCUT2D eigenvalue weighted by molar-refractivity contribution is 5.88. The Labute approximate surface area is 168 Å². The quantitative estimate of drug-likeness (QED) is 0.529. The monoisotopic (exact) mass is 394 g/mol. The predicted octanol–water partition coefficient (Wildman–Crippen LogP) is 3.86. The zero-order valence-electron chi connectivity index (χ0n) is 16.4. The summed E-state index contributed by atoms with van der Waals surface area (Å²) in [4.78, 5) is 19.7. The largest absolute Gasteiger partial charge is 0.493 e. The van der Waals surface area contributed by atoms with Crippen LogP contribution in [0.15, 0.2) is 48.5 Å². The molecule has 0 fully saturated rings. The number of aromatic carboxylic acids is 1. The van der Waals surface area contributed by atoms with Crippen molar-refractivity contribution in [3.63, 3.8) is 0 Å². The summed E-state index contributed by atoms with van der Waals surface area (Å²) in [6, 6.07) is 14.0. The minimum absolute atomic E-state index is 0.228. The Morgan fingerprint density at radius 1 is 0.966 bits per heavy atom. The molecule has 0 aliphatic rings. The van der Waals surface area contributed by atoms with Crippen LogP contribution in [0.4, 0.5) is 17.3 Å². The number of methoxy groups -OCH3 is 2. The van der Waals surface area contributed by atoms with Gasteiger partial charge in [0, 0.05) is 18.3 Å². The normalized spacial score (nSPS) is 10.3. The number of aromatic nitrogens is 2. The van der Waals surface area contributed by atoms with Gasteiger partial charge < -0.3 is 25.2 Å². The number of nitrogens with zero attached hydrogens (tertiary/aromatic N) is 2. The fourth-order valence-electron chi connectivity index (χ4n) is 2.75. The second-order valence-corrected chi connectivity index (χ2v) is 6.24. The van der Waals surface area contributed by atoms with Crippen LogP contribution in [0, 0.1) is 6.92 Å². The predicted molar refractivity (Wildman–Crippen MR) is 110 cm³/mol. The first-order valence-corrected chi connectivity index (χ1v) is 8.89. The summed E-state index contributed by atoms with van der Waals surface area (Å²) < 4.78 is 10.6. The van der Waals surface area contributed by atoms with Crippen molar-refractivity contribution in [1.82, 2.24) is 9.97 Å². The Balaban J connectivity index is 1.71. The van der Waals surface area contributed by atoms with E-state index in [1.54, 1.807) is 39.3 Å². The first-order chi connectivity index (χ1) is 14.0. The van der Waals surface area contributed by atoms with Gasteiger partial charge in [-0.25, -0.2) is 14.8 Å². The molecule has 0 saturated carbocycles. The first-order valence-electron chi connectivity index (χ1n) is 8.89. The molecule has 0 aliphatic carbocycles. The van der Waals surface area contributed by atoms with Gasteiger partial charge in [-0.3, -0.25) is 0 Å². The highest BCUT2D eigenvalue weighted by Crippen LogP contribution is 2.28. The number of carboxylic acids is 1. The number of hydrogen-bond acceptors (Lipinski definition) is 7. The molecule has 0 radical (unpaired) electrons. The van der Waals surface area contributed by atoms with E-state index in [0.29, 0.717) is 35.5 Å². The molecule has 0 unspecified atom stereocenters. The van der Waals surface area contributed by atoms with Gasteiger partial charge >= 0.3 is 5.97 Å². The molecule has 29 heavy (non-hydrogen) atoms. The third-order valence-electron chi connectivity index (χ3n) is 4.16. The number of ether oxygens (including phenoxy) is 2. The smallest absolute Gasteiger partial charge is 0.335 e. The van der Waals surface area contributed by atoms with Crippen molar-refractivity contribution in [2.75, 3.05) is 24.9 Å². The Kier molecular flexibility index (Phi) is 6.13. The van der Waals surface area contributed by atoms with Gasteiger partial charge in [-0.15, -0.1) is 0 Å². The summed E-state index contributed by atoms with van der Waals surface area (Å²) in [5, 5.41) is 15.4. The fourth-order valence-corrected chi connectivity index (χ4v) is 2.75. The highest BCUT2D eigenvalue weighted by Gasteiger charge is 2.07. The lowest BCUT2D eigenvalue weighted by Crippen LogP contribution is -2.05. The first kappa shape index (κ1) is 19.9. The van der Waals surface area contributed by atoms with Crippen molar-refractivity contribution in [2.45, 2.75) is 13.5 Å². The van der Waals surface area contributed by atoms with Gasteiger partial charge in [0.05, 0.1) is 19.8 Å². The van der Waals surface area contributed by atoms with Crippen molar-refractivity contribution in [3.05, 3.63) is 65.5 Å². The number of carbonyl (C=O) groups is 1. The Hall–Kier alpha value is -3.81. The summed E-state index contributed by atoms with van der Waals surface area (Å²) in [5.41, 5.74) is 1.98. The molecule has 0 aliphatic heterocycles. The topological polar surface area (TPSA) is 106 Å². The van der Waals surface area contributed by atoms with Gasteiger partial charge in [0.15, 0.2) is 11.5 Å². The average Bonchev–Trinajstić information content (AvgIpc) is 2.72. The summed E-state index contributed by atoms with van der Waals surface area (Å²) in [5.74, 6) is 2.25. The molecule has 0 saturated heterocycles. The van der Waals surface area contributed by atoms with Crippen molar-refractivity contribution in [1.29, 1.82) is 0 Å². The molecule has 2 aromatic carbocycles. The minimum atomic E-state index is -0.962. The molecule has 8 nitrogen and oxygen atoms in total. The van der Waals surface area contributed by atoms with Crippen LogP contribution in [-0.2, 0) is 6.54 Å². The number of nitrogens with one attached hydrogen (secondary N) is 2. The third kappa shape index (κ3) is 5.13. The molecule has 1 aromatic heterocycles. The van der Waals surface area contributed by atoms with Crippen LogP contribution in [0.3, 0.4) is 0 Å². The van der Waals surface area contributed by atoms with Crippen LogP contribution in [0.1, 0.15) is 21.7 Å². The molecule has 3 N–H and O–H groups in total. The summed E-state index contributed by atoms with van der Waals surface area (Å²) in [7, 11) is 3.20. The molecule has 150 valence electrons. The second-order valence-electron chi connectivity index (χ2n) is 6.24. The van der Waals surface area contributed by atoms with E-state index < -0.39 is 5.97 Å². The van der Waals surface area contributed by atoms with Gasteiger partial charge in [-0.2, -0.15) is 0 Å². The van der Waals surface area contributed by atoms with Crippen molar-refractivity contribution in [3.8, 4) is 11.5 Å². The van der Waals surface area contributed by atoms with Crippen LogP contribution < -0.4 is 20.1 Å². The van der Waals surface area contributed by atoms with Gasteiger partial charge in [-0.05, 0) is 48.9 Å². The van der Waals surface area contributed by atoms with Gasteiger partial charge in [0.1, 0.15) is 17.5 Å². The molecule has 8 heteroatoms. The maximum absolute atomic E-state index is 11.0. The molecular weight excluding hydrogens is 372 g/mol. The second kappa shape index (κ2) is 8.92. The lowest BCUT2D eigenvalue weighted by atomic mass is 10.2. The van der Waals surface area contributed by atoms with E-state index in [-0.39, 0.29) is 5.56 Å². The zero-order valence-corrected chi connectivity index (χ0v) is 16.4. The fraction of sp³-hybridized carbons (Fsp3) is 0.190. The Bertz CT molecular complexity index is 1010. The molecule has 0 amide bonds. The van der Waals surface area contributed by atoms with E-state index in [0.717, 1.165) is 11.3 Å². The van der Waals surface area contributed by atoms with Crippen molar-refractivity contribution < 1.29 is 19.4 Å². The number of benzene rings is 2. The van der Waals surface area contributed by atoms with Crippen molar-refractivity contribution in [2.24, 2.45) is 0 Å². The van der Waals surface area contributed by atoms with E-state index in [4.69, 9.17) is 14.6 Å². The van der Waals surface area contributed by atoms with E-state index in [1.807, 2.05) is 18.2 Å². The SMILES string of the molecule is COc1ccc(CNc2cc(Nc3ccc(C(=O)O)cc3)nc(C)n2)cc1OC. The number of anilines is 3. The van der Waals surface area contributed by atoms with Crippen LogP contribution in [0.25, 0.3) is 0 Å². The van der Waals surface area contributed by atoms with E-state index in [2.05, 4.69) is 20.6 Å². The molecule has 0 spiro atoms. The number of hydrogen-bond donors (Lipinski definition) is 3. The van der Waals surface area contributed by atoms with Gasteiger partial charge in [-0.1, -0.05) is 6.07 Å². The Morgan fingerprint density at radius 3 is 2.31 bits per heavy atom. The van der Waals surface area contributed by atoms with Crippen LogP contribution in [0.5, 0.6) is 11.5 Å². The maximum Gasteiger partial charge on any atom is 0.335 e. The molecule has 0 bridgehead atoms. The molecule has 3 aromatic rings. The standard InChI is InChI=1S/C21H22N4O4/c1-13-23-19(22-12-14-4-9-17(28-2)18(10-14)29-3)11-20(24-13)25-16-7-5-15(6-8-16)21(26)27/h4-11H,12H2,1-3H3,(H,26,27)(H2,22,23,24,25). The van der Waals surface area contributed by atoms with Gasteiger partial charge in [0.2, 0.25) is 0 Å². The average molecular weight is 394 g/mol. The summed E-state index contributed by atoms with van der Waals surface area (Å²) >= 11 is 0. The maximum atomic E-state index is 11.0. The zero-order chi connectivity index (χ0) is 20.8. The summed E-state index contributed by atoms with van der Waals surface area (Å²) in [6.45, 7) is 2.35. The van der Waals surface area contributed by atoms with Crippen LogP contribution in [-0.4, -0.2) is 35.3 Å². The van der Waals surface area contributed by atoms with E-state index in [9.17, 15) is 4.79 Å². The van der Waals surface area contributed by atoms with Gasteiger partial charge in [0.25, 0.3) is 0 Å². The molecule has 1 heterocycles. The van der Waals surface area contributed by atoms with Crippen LogP contribution >= 0.6 is 0 Å².